The van der Waals surface area contributed by atoms with Gasteiger partial charge in [0, 0.05) is 25.2 Å². The summed E-state index contributed by atoms with van der Waals surface area (Å²) in [5.74, 6) is 3.23. The normalized spacial score (nSPS) is 16.7. The van der Waals surface area contributed by atoms with E-state index in [4.69, 9.17) is 0 Å². The summed E-state index contributed by atoms with van der Waals surface area (Å²) in [6.45, 7) is 6.21. The summed E-state index contributed by atoms with van der Waals surface area (Å²) in [7, 11) is 0. The smallest absolute Gasteiger partial charge is 0.254 e. The number of aromatic nitrogens is 4. The Kier molecular flexibility index (Phi) is 3.85. The molecule has 0 saturated heterocycles. The predicted octanol–water partition coefficient (Wildman–Crippen LogP) is 3.02. The van der Waals surface area contributed by atoms with Crippen molar-refractivity contribution in [3.8, 4) is 0 Å². The monoisotopic (exact) mass is 273 g/mol. The molecule has 1 aliphatic rings. The first-order valence-corrected chi connectivity index (χ1v) is 7.80. The van der Waals surface area contributed by atoms with Gasteiger partial charge in [-0.15, -0.1) is 5.10 Å². The third kappa shape index (κ3) is 2.49. The molecule has 0 atom stereocenters. The lowest BCUT2D eigenvalue weighted by Gasteiger charge is -2.18. The molecule has 108 valence electrons. The topological polar surface area (TPSA) is 46.3 Å². The molecule has 1 saturated carbocycles. The minimum absolute atomic E-state index is 0.530. The maximum atomic E-state index is 4.66. The molecule has 20 heavy (non-hydrogen) atoms. The van der Waals surface area contributed by atoms with E-state index < -0.39 is 0 Å². The summed E-state index contributed by atoms with van der Waals surface area (Å²) in [5.41, 5.74) is 0. The van der Waals surface area contributed by atoms with Crippen LogP contribution in [0.25, 0.3) is 5.78 Å². The van der Waals surface area contributed by atoms with Crippen LogP contribution >= 0.6 is 0 Å². The molecule has 5 heteroatoms. The van der Waals surface area contributed by atoms with Gasteiger partial charge in [-0.3, -0.25) is 0 Å². The van der Waals surface area contributed by atoms with Crippen LogP contribution in [0.4, 0.5) is 5.82 Å². The number of hydrogen-bond donors (Lipinski definition) is 0. The lowest BCUT2D eigenvalue weighted by molar-refractivity contribution is 0.429. The third-order valence-electron chi connectivity index (χ3n) is 4.27. The quantitative estimate of drug-likeness (QED) is 0.859. The fourth-order valence-electron chi connectivity index (χ4n) is 3.04. The SMILES string of the molecule is CCN(CC)c1ccn2nc(C3CCCCC3)nc2n1. The fourth-order valence-corrected chi connectivity index (χ4v) is 3.04. The van der Waals surface area contributed by atoms with Crippen LogP contribution in [0.5, 0.6) is 0 Å². The zero-order valence-electron chi connectivity index (χ0n) is 12.4. The number of fused-ring (bicyclic) bond motifs is 1. The summed E-state index contributed by atoms with van der Waals surface area (Å²) in [4.78, 5) is 11.5. The maximum absolute atomic E-state index is 4.66. The molecule has 0 amide bonds. The highest BCUT2D eigenvalue weighted by molar-refractivity contribution is 5.43. The van der Waals surface area contributed by atoms with Crippen molar-refractivity contribution in [2.45, 2.75) is 51.9 Å². The number of nitrogens with zero attached hydrogens (tertiary/aromatic N) is 5. The van der Waals surface area contributed by atoms with Crippen molar-refractivity contribution in [2.75, 3.05) is 18.0 Å². The largest absolute Gasteiger partial charge is 0.357 e. The van der Waals surface area contributed by atoms with Gasteiger partial charge in [-0.25, -0.2) is 4.52 Å². The van der Waals surface area contributed by atoms with Crippen LogP contribution in [-0.2, 0) is 0 Å². The van der Waals surface area contributed by atoms with Crippen LogP contribution in [0.2, 0.25) is 0 Å². The minimum Gasteiger partial charge on any atom is -0.357 e. The van der Waals surface area contributed by atoms with Crippen molar-refractivity contribution in [3.05, 3.63) is 18.1 Å². The van der Waals surface area contributed by atoms with E-state index in [1.807, 2.05) is 16.8 Å². The average Bonchev–Trinajstić information content (AvgIpc) is 2.93. The van der Waals surface area contributed by atoms with E-state index in [1.54, 1.807) is 0 Å². The highest BCUT2D eigenvalue weighted by Crippen LogP contribution is 2.30. The molecule has 0 spiro atoms. The molecule has 3 rings (SSSR count). The van der Waals surface area contributed by atoms with E-state index in [0.29, 0.717) is 5.92 Å². The van der Waals surface area contributed by atoms with Crippen molar-refractivity contribution in [1.29, 1.82) is 0 Å². The van der Waals surface area contributed by atoms with Gasteiger partial charge in [0.15, 0.2) is 5.82 Å². The van der Waals surface area contributed by atoms with Gasteiger partial charge in [0.05, 0.1) is 0 Å². The Labute approximate surface area is 120 Å². The Morgan fingerprint density at radius 3 is 2.60 bits per heavy atom. The van der Waals surface area contributed by atoms with Crippen LogP contribution in [0.15, 0.2) is 12.3 Å². The van der Waals surface area contributed by atoms with Gasteiger partial charge in [-0.2, -0.15) is 9.97 Å². The molecule has 0 radical (unpaired) electrons. The first kappa shape index (κ1) is 13.3. The Morgan fingerprint density at radius 1 is 1.15 bits per heavy atom. The van der Waals surface area contributed by atoms with E-state index in [2.05, 4.69) is 33.8 Å². The van der Waals surface area contributed by atoms with E-state index >= 15 is 0 Å². The standard InChI is InChI=1S/C15H23N5/c1-3-19(4-2)13-10-11-20-15(16-13)17-14(18-20)12-8-6-5-7-9-12/h10-12H,3-9H2,1-2H3. The van der Waals surface area contributed by atoms with Gasteiger partial charge in [0.2, 0.25) is 0 Å². The highest BCUT2D eigenvalue weighted by atomic mass is 15.3. The lowest BCUT2D eigenvalue weighted by atomic mass is 9.89. The lowest BCUT2D eigenvalue weighted by Crippen LogP contribution is -2.23. The molecule has 0 unspecified atom stereocenters. The van der Waals surface area contributed by atoms with Gasteiger partial charge in [-0.05, 0) is 32.8 Å². The third-order valence-corrected chi connectivity index (χ3v) is 4.27. The maximum Gasteiger partial charge on any atom is 0.254 e. The second kappa shape index (κ2) is 5.77. The van der Waals surface area contributed by atoms with Crippen LogP contribution in [-0.4, -0.2) is 32.7 Å². The van der Waals surface area contributed by atoms with E-state index in [0.717, 1.165) is 30.5 Å². The molecular formula is C15H23N5. The molecule has 1 aliphatic carbocycles. The van der Waals surface area contributed by atoms with Crippen LogP contribution in [0, 0.1) is 0 Å². The number of hydrogen-bond acceptors (Lipinski definition) is 4. The number of anilines is 1. The van der Waals surface area contributed by atoms with E-state index in [9.17, 15) is 0 Å². The van der Waals surface area contributed by atoms with Crippen LogP contribution < -0.4 is 4.90 Å². The molecule has 0 aromatic carbocycles. The van der Waals surface area contributed by atoms with Crippen LogP contribution in [0.3, 0.4) is 0 Å². The first-order valence-electron chi connectivity index (χ1n) is 7.80. The fraction of sp³-hybridized carbons (Fsp3) is 0.667. The Hall–Kier alpha value is -1.65. The molecule has 1 fully saturated rings. The van der Waals surface area contributed by atoms with Crippen molar-refractivity contribution in [1.82, 2.24) is 19.6 Å². The molecule has 2 heterocycles. The van der Waals surface area contributed by atoms with Gasteiger partial charge in [0.1, 0.15) is 5.82 Å². The van der Waals surface area contributed by atoms with Crippen molar-refractivity contribution in [2.24, 2.45) is 0 Å². The molecule has 0 aliphatic heterocycles. The zero-order valence-corrected chi connectivity index (χ0v) is 12.4. The van der Waals surface area contributed by atoms with Crippen LogP contribution in [0.1, 0.15) is 57.7 Å². The summed E-state index contributed by atoms with van der Waals surface area (Å²) >= 11 is 0. The van der Waals surface area contributed by atoms with E-state index in [-0.39, 0.29) is 0 Å². The van der Waals surface area contributed by atoms with E-state index in [1.165, 1.54) is 32.1 Å². The summed E-state index contributed by atoms with van der Waals surface area (Å²) < 4.78 is 1.82. The van der Waals surface area contributed by atoms with Gasteiger partial charge < -0.3 is 4.90 Å². The Bertz CT molecular complexity index is 567. The molecule has 2 aromatic heterocycles. The summed E-state index contributed by atoms with van der Waals surface area (Å²) in [5, 5.41) is 4.61. The summed E-state index contributed by atoms with van der Waals surface area (Å²) in [6.07, 6.45) is 8.39. The Morgan fingerprint density at radius 2 is 1.90 bits per heavy atom. The second-order valence-electron chi connectivity index (χ2n) is 5.51. The Balaban J connectivity index is 1.90. The predicted molar refractivity (Wildman–Crippen MR) is 80.2 cm³/mol. The second-order valence-corrected chi connectivity index (χ2v) is 5.51. The minimum atomic E-state index is 0.530. The number of rotatable bonds is 4. The molecule has 2 aromatic rings. The van der Waals surface area contributed by atoms with Gasteiger partial charge in [-0.1, -0.05) is 19.3 Å². The zero-order chi connectivity index (χ0) is 13.9. The molecular weight excluding hydrogens is 250 g/mol. The van der Waals surface area contributed by atoms with Crippen molar-refractivity contribution in [3.63, 3.8) is 0 Å². The van der Waals surface area contributed by atoms with Gasteiger partial charge in [0.25, 0.3) is 5.78 Å². The summed E-state index contributed by atoms with van der Waals surface area (Å²) in [6, 6.07) is 2.03. The van der Waals surface area contributed by atoms with Crippen molar-refractivity contribution < 1.29 is 0 Å². The average molecular weight is 273 g/mol. The highest BCUT2D eigenvalue weighted by Gasteiger charge is 2.20. The molecule has 0 bridgehead atoms. The molecule has 5 nitrogen and oxygen atoms in total. The molecule has 0 N–H and O–H groups in total. The van der Waals surface area contributed by atoms with Gasteiger partial charge >= 0.3 is 0 Å². The first-order chi connectivity index (χ1) is 9.81. The van der Waals surface area contributed by atoms with Crippen molar-refractivity contribution >= 4 is 11.6 Å².